The molecule has 3 heteroatoms. The van der Waals surface area contributed by atoms with E-state index >= 15 is 0 Å². The Morgan fingerprint density at radius 1 is 1.06 bits per heavy atom. The second kappa shape index (κ2) is 5.01. The minimum absolute atomic E-state index is 0.404. The number of hydrogen-bond donors (Lipinski definition) is 1. The van der Waals surface area contributed by atoms with Gasteiger partial charge in [-0.05, 0) is 70.7 Å². The van der Waals surface area contributed by atoms with Crippen LogP contribution in [0.15, 0.2) is 6.07 Å². The molecule has 1 aromatic rings. The number of amides is 1. The average molecular weight is 249 g/mol. The van der Waals surface area contributed by atoms with Crippen LogP contribution >= 0.6 is 0 Å². The molecular weight excluding hydrogens is 226 g/mol. The zero-order valence-electron chi connectivity index (χ0n) is 12.4. The molecule has 3 nitrogen and oxygen atoms in total. The van der Waals surface area contributed by atoms with E-state index < -0.39 is 11.7 Å². The lowest BCUT2D eigenvalue weighted by atomic mass is 9.99. The molecule has 0 bridgehead atoms. The molecule has 0 atom stereocenters. The third-order valence-electron chi connectivity index (χ3n) is 2.99. The highest BCUT2D eigenvalue weighted by Crippen LogP contribution is 2.27. The standard InChI is InChI=1S/C15H23NO2/c1-9-8-10(2)12(4)13(11(9)3)16-14(17)18-15(5,6)7/h8H,1-7H3,(H,16,17). The predicted octanol–water partition coefficient (Wildman–Crippen LogP) is 4.27. The van der Waals surface area contributed by atoms with Gasteiger partial charge in [-0.1, -0.05) is 6.07 Å². The Labute approximate surface area is 110 Å². The van der Waals surface area contributed by atoms with Gasteiger partial charge >= 0.3 is 6.09 Å². The Balaban J connectivity index is 3.01. The fraction of sp³-hybridized carbons (Fsp3) is 0.533. The van der Waals surface area contributed by atoms with E-state index in [1.54, 1.807) is 0 Å². The van der Waals surface area contributed by atoms with Crippen molar-refractivity contribution in [2.75, 3.05) is 5.32 Å². The zero-order chi connectivity index (χ0) is 14.1. The number of rotatable bonds is 1. The van der Waals surface area contributed by atoms with Gasteiger partial charge in [0.1, 0.15) is 5.60 Å². The van der Waals surface area contributed by atoms with Gasteiger partial charge in [0.15, 0.2) is 0 Å². The largest absolute Gasteiger partial charge is 0.444 e. The Morgan fingerprint density at radius 3 is 1.89 bits per heavy atom. The van der Waals surface area contributed by atoms with Crippen molar-refractivity contribution < 1.29 is 9.53 Å². The molecule has 1 amide bonds. The molecule has 0 unspecified atom stereocenters. The van der Waals surface area contributed by atoms with Crippen LogP contribution in [0.25, 0.3) is 0 Å². The quantitative estimate of drug-likeness (QED) is 0.807. The summed E-state index contributed by atoms with van der Waals surface area (Å²) in [5.74, 6) is 0. The Morgan fingerprint density at radius 2 is 1.50 bits per heavy atom. The summed E-state index contributed by atoms with van der Waals surface area (Å²) >= 11 is 0. The molecule has 18 heavy (non-hydrogen) atoms. The lowest BCUT2D eigenvalue weighted by Gasteiger charge is -2.22. The van der Waals surface area contributed by atoms with E-state index in [-0.39, 0.29) is 0 Å². The zero-order valence-corrected chi connectivity index (χ0v) is 12.4. The normalized spacial score (nSPS) is 11.3. The van der Waals surface area contributed by atoms with Gasteiger partial charge in [-0.2, -0.15) is 0 Å². The van der Waals surface area contributed by atoms with Crippen LogP contribution in [0.1, 0.15) is 43.0 Å². The molecule has 1 N–H and O–H groups in total. The van der Waals surface area contributed by atoms with Crippen molar-refractivity contribution in [3.63, 3.8) is 0 Å². The van der Waals surface area contributed by atoms with Crippen molar-refractivity contribution in [2.24, 2.45) is 0 Å². The number of benzene rings is 1. The molecule has 0 saturated carbocycles. The summed E-state index contributed by atoms with van der Waals surface area (Å²) in [5.41, 5.74) is 4.90. The van der Waals surface area contributed by atoms with Gasteiger partial charge in [0, 0.05) is 0 Å². The molecule has 0 aliphatic rings. The monoisotopic (exact) mass is 249 g/mol. The van der Waals surface area contributed by atoms with E-state index in [2.05, 4.69) is 11.4 Å². The first-order valence-electron chi connectivity index (χ1n) is 6.19. The number of anilines is 1. The number of ether oxygens (including phenoxy) is 1. The smallest absolute Gasteiger partial charge is 0.412 e. The van der Waals surface area contributed by atoms with Crippen molar-refractivity contribution in [3.8, 4) is 0 Å². The molecular formula is C15H23NO2. The van der Waals surface area contributed by atoms with Gasteiger partial charge in [-0.25, -0.2) is 4.79 Å². The van der Waals surface area contributed by atoms with Crippen LogP contribution in [-0.4, -0.2) is 11.7 Å². The number of carbonyl (C=O) groups excluding carboxylic acids is 1. The second-order valence-electron chi connectivity index (χ2n) is 5.76. The van der Waals surface area contributed by atoms with Crippen molar-refractivity contribution >= 4 is 11.8 Å². The summed E-state index contributed by atoms with van der Waals surface area (Å²) in [5, 5.41) is 2.86. The van der Waals surface area contributed by atoms with E-state index in [0.29, 0.717) is 0 Å². The first-order chi connectivity index (χ1) is 8.11. The van der Waals surface area contributed by atoms with Crippen LogP contribution in [-0.2, 0) is 4.74 Å². The van der Waals surface area contributed by atoms with Crippen molar-refractivity contribution in [1.29, 1.82) is 0 Å². The summed E-state index contributed by atoms with van der Waals surface area (Å²) in [6.07, 6.45) is -0.404. The van der Waals surface area contributed by atoms with Crippen LogP contribution in [0.3, 0.4) is 0 Å². The molecule has 0 aliphatic carbocycles. The van der Waals surface area contributed by atoms with Gasteiger partial charge in [0.2, 0.25) is 0 Å². The third-order valence-corrected chi connectivity index (χ3v) is 2.99. The number of hydrogen-bond acceptors (Lipinski definition) is 2. The highest BCUT2D eigenvalue weighted by Gasteiger charge is 2.18. The molecule has 0 spiro atoms. The summed E-state index contributed by atoms with van der Waals surface area (Å²) in [6, 6.07) is 2.13. The maximum atomic E-state index is 11.8. The fourth-order valence-corrected chi connectivity index (χ4v) is 1.81. The van der Waals surface area contributed by atoms with Crippen LogP contribution in [0.2, 0.25) is 0 Å². The molecule has 1 rings (SSSR count). The Bertz CT molecular complexity index is 444. The van der Waals surface area contributed by atoms with Gasteiger partial charge in [0.25, 0.3) is 0 Å². The summed E-state index contributed by atoms with van der Waals surface area (Å²) < 4.78 is 5.28. The SMILES string of the molecule is Cc1cc(C)c(C)c(NC(=O)OC(C)(C)C)c1C. The van der Waals surface area contributed by atoms with Crippen LogP contribution in [0.4, 0.5) is 10.5 Å². The molecule has 100 valence electrons. The third kappa shape index (κ3) is 3.49. The van der Waals surface area contributed by atoms with Gasteiger partial charge in [-0.3, -0.25) is 5.32 Å². The number of aryl methyl sites for hydroxylation is 2. The molecule has 0 radical (unpaired) electrons. The topological polar surface area (TPSA) is 38.3 Å². The van der Waals surface area contributed by atoms with E-state index in [1.165, 1.54) is 11.1 Å². The highest BCUT2D eigenvalue weighted by molar-refractivity contribution is 5.87. The lowest BCUT2D eigenvalue weighted by molar-refractivity contribution is 0.0635. The molecule has 1 aromatic carbocycles. The molecule has 0 heterocycles. The van der Waals surface area contributed by atoms with Crippen LogP contribution in [0, 0.1) is 27.7 Å². The fourth-order valence-electron chi connectivity index (χ4n) is 1.81. The maximum Gasteiger partial charge on any atom is 0.412 e. The summed E-state index contributed by atoms with van der Waals surface area (Å²) in [4.78, 5) is 11.8. The summed E-state index contributed by atoms with van der Waals surface area (Å²) in [6.45, 7) is 13.7. The van der Waals surface area contributed by atoms with E-state index in [4.69, 9.17) is 4.74 Å². The Kier molecular flexibility index (Phi) is 4.05. The van der Waals surface area contributed by atoms with Crippen molar-refractivity contribution in [1.82, 2.24) is 0 Å². The van der Waals surface area contributed by atoms with Gasteiger partial charge in [-0.15, -0.1) is 0 Å². The predicted molar refractivity (Wildman–Crippen MR) is 75.2 cm³/mol. The first kappa shape index (κ1) is 14.6. The van der Waals surface area contributed by atoms with Crippen LogP contribution < -0.4 is 5.32 Å². The summed E-state index contributed by atoms with van der Waals surface area (Å²) in [7, 11) is 0. The van der Waals surface area contributed by atoms with E-state index in [1.807, 2.05) is 48.5 Å². The Hall–Kier alpha value is -1.51. The van der Waals surface area contributed by atoms with E-state index in [0.717, 1.165) is 16.8 Å². The number of carbonyl (C=O) groups is 1. The lowest BCUT2D eigenvalue weighted by Crippen LogP contribution is -2.27. The van der Waals surface area contributed by atoms with Crippen LogP contribution in [0.5, 0.6) is 0 Å². The molecule has 0 aliphatic heterocycles. The molecule has 0 fully saturated rings. The van der Waals surface area contributed by atoms with Crippen molar-refractivity contribution in [3.05, 3.63) is 28.3 Å². The van der Waals surface area contributed by atoms with Gasteiger partial charge in [0.05, 0.1) is 5.69 Å². The van der Waals surface area contributed by atoms with Gasteiger partial charge < -0.3 is 4.74 Å². The minimum atomic E-state index is -0.481. The first-order valence-corrected chi connectivity index (χ1v) is 6.19. The maximum absolute atomic E-state index is 11.8. The van der Waals surface area contributed by atoms with Crippen molar-refractivity contribution in [2.45, 2.75) is 54.1 Å². The number of nitrogens with one attached hydrogen (secondary N) is 1. The van der Waals surface area contributed by atoms with E-state index in [9.17, 15) is 4.79 Å². The molecule has 0 aromatic heterocycles. The highest BCUT2D eigenvalue weighted by atomic mass is 16.6. The molecule has 0 saturated heterocycles. The second-order valence-corrected chi connectivity index (χ2v) is 5.76. The average Bonchev–Trinajstić information content (AvgIpc) is 2.19. The minimum Gasteiger partial charge on any atom is -0.444 e.